The third-order valence-corrected chi connectivity index (χ3v) is 2.55. The predicted octanol–water partition coefficient (Wildman–Crippen LogP) is 0.418. The van der Waals surface area contributed by atoms with Crippen molar-refractivity contribution in [1.29, 1.82) is 0 Å². The van der Waals surface area contributed by atoms with Gasteiger partial charge in [0.25, 0.3) is 0 Å². The van der Waals surface area contributed by atoms with Gasteiger partial charge in [-0.3, -0.25) is 0 Å². The van der Waals surface area contributed by atoms with Gasteiger partial charge in [-0.1, -0.05) is 0 Å². The van der Waals surface area contributed by atoms with Crippen LogP contribution in [0.4, 0.5) is 0 Å². The number of hydrogen-bond donors (Lipinski definition) is 2. The van der Waals surface area contributed by atoms with Gasteiger partial charge in [-0.2, -0.15) is 0 Å². The van der Waals surface area contributed by atoms with Crippen LogP contribution in [0.2, 0.25) is 0 Å². The maximum Gasteiger partial charge on any atom is 0.110 e. The van der Waals surface area contributed by atoms with Gasteiger partial charge in [0, 0.05) is 12.6 Å². The van der Waals surface area contributed by atoms with Crippen molar-refractivity contribution in [2.24, 2.45) is 11.5 Å². The van der Waals surface area contributed by atoms with Crippen LogP contribution in [0.15, 0.2) is 0 Å². The lowest BCUT2D eigenvalue weighted by Crippen LogP contribution is -2.49. The minimum Gasteiger partial charge on any atom is -0.328 e. The summed E-state index contributed by atoms with van der Waals surface area (Å²) in [6, 6.07) is -0.0283. The summed E-state index contributed by atoms with van der Waals surface area (Å²) in [5.41, 5.74) is 10.6. The van der Waals surface area contributed by atoms with Crippen LogP contribution in [0.25, 0.3) is 0 Å². The van der Waals surface area contributed by atoms with E-state index in [0.29, 0.717) is 6.54 Å². The van der Waals surface area contributed by atoms with E-state index in [1.807, 2.05) is 36.9 Å². The molecule has 0 rings (SSSR count). The number of hydrogen-bond acceptors (Lipinski definition) is 3. The molecule has 0 aromatic heterocycles. The first-order chi connectivity index (χ1) is 4.06. The summed E-state index contributed by atoms with van der Waals surface area (Å²) in [4.78, 5) is 0. The van der Waals surface area contributed by atoms with E-state index in [9.17, 15) is 0 Å². The molecule has 9 heavy (non-hydrogen) atoms. The summed E-state index contributed by atoms with van der Waals surface area (Å²) in [5.74, 6) is 0. The minimum absolute atomic E-state index is 0.0283. The lowest BCUT2D eigenvalue weighted by atomic mass is 10.00. The summed E-state index contributed by atoms with van der Waals surface area (Å²) < 4.78 is 5.07. The highest BCUT2D eigenvalue weighted by atomic mass is 127. The zero-order valence-electron chi connectivity index (χ0n) is 5.73. The molecule has 3 nitrogen and oxygen atoms in total. The van der Waals surface area contributed by atoms with Crippen molar-refractivity contribution < 1.29 is 3.07 Å². The summed E-state index contributed by atoms with van der Waals surface area (Å²) in [6.07, 6.45) is 0. The van der Waals surface area contributed by atoms with E-state index >= 15 is 0 Å². The molecule has 56 valence electrons. The van der Waals surface area contributed by atoms with Gasteiger partial charge in [-0.05, 0) is 13.8 Å². The Labute approximate surface area is 69.8 Å². The van der Waals surface area contributed by atoms with Gasteiger partial charge in [0.2, 0.25) is 0 Å². The molecule has 4 N–H and O–H groups in total. The van der Waals surface area contributed by atoms with Crippen molar-refractivity contribution in [2.75, 3.05) is 6.54 Å². The Hall–Kier alpha value is 0.610. The summed E-state index contributed by atoms with van der Waals surface area (Å²) in [5, 5.41) is 0. The summed E-state index contributed by atoms with van der Waals surface area (Å²) in [7, 11) is 0. The molecular weight excluding hydrogens is 231 g/mol. The molecule has 0 saturated heterocycles. The SMILES string of the molecule is CC(N)C(C)(CN)OI. The molecule has 2 unspecified atom stereocenters. The van der Waals surface area contributed by atoms with Crippen molar-refractivity contribution in [1.82, 2.24) is 0 Å². The van der Waals surface area contributed by atoms with E-state index in [4.69, 9.17) is 14.5 Å². The van der Waals surface area contributed by atoms with E-state index < -0.39 is 0 Å². The number of halogens is 1. The topological polar surface area (TPSA) is 61.3 Å². The molecule has 0 aromatic rings. The first-order valence-electron chi connectivity index (χ1n) is 2.82. The zero-order valence-corrected chi connectivity index (χ0v) is 7.88. The first kappa shape index (κ1) is 9.61. The third kappa shape index (κ3) is 2.37. The Morgan fingerprint density at radius 2 is 2.22 bits per heavy atom. The minimum atomic E-state index is -0.374. The van der Waals surface area contributed by atoms with Crippen LogP contribution in [-0.4, -0.2) is 18.2 Å². The van der Waals surface area contributed by atoms with E-state index in [-0.39, 0.29) is 11.6 Å². The molecule has 0 aliphatic heterocycles. The molecule has 2 atom stereocenters. The van der Waals surface area contributed by atoms with E-state index in [0.717, 1.165) is 0 Å². The zero-order chi connectivity index (χ0) is 7.49. The first-order valence-corrected chi connectivity index (χ1v) is 3.70. The van der Waals surface area contributed by atoms with Crippen LogP contribution in [0, 0.1) is 0 Å². The highest BCUT2D eigenvalue weighted by Crippen LogP contribution is 2.15. The predicted molar refractivity (Wildman–Crippen MR) is 46.2 cm³/mol. The fraction of sp³-hybridized carbons (Fsp3) is 1.00. The highest BCUT2D eigenvalue weighted by Gasteiger charge is 2.27. The lowest BCUT2D eigenvalue weighted by molar-refractivity contribution is 0.131. The van der Waals surface area contributed by atoms with Crippen LogP contribution in [0.3, 0.4) is 0 Å². The molecule has 0 saturated carbocycles. The molecule has 0 fully saturated rings. The molecule has 0 aliphatic rings. The molecule has 4 heteroatoms. The monoisotopic (exact) mass is 244 g/mol. The van der Waals surface area contributed by atoms with E-state index in [1.54, 1.807) is 0 Å². The molecule has 0 amide bonds. The Morgan fingerprint density at radius 1 is 1.78 bits per heavy atom. The second-order valence-electron chi connectivity index (χ2n) is 2.38. The average Bonchev–Trinajstić information content (AvgIpc) is 1.86. The third-order valence-electron chi connectivity index (χ3n) is 1.54. The van der Waals surface area contributed by atoms with Gasteiger partial charge in [-0.25, -0.2) is 0 Å². The van der Waals surface area contributed by atoms with Crippen LogP contribution >= 0.6 is 23.0 Å². The van der Waals surface area contributed by atoms with Crippen LogP contribution < -0.4 is 11.5 Å². The molecular formula is C5H13IN2O. The normalized spacial score (nSPS) is 21.0. The van der Waals surface area contributed by atoms with Gasteiger partial charge in [0.1, 0.15) is 28.6 Å². The fourth-order valence-corrected chi connectivity index (χ4v) is 0.869. The number of rotatable bonds is 3. The molecule has 0 heterocycles. The standard InChI is InChI=1S/C5H13IN2O/c1-4(8)5(2,3-7)9-6/h4H,3,7-8H2,1-2H3. The van der Waals surface area contributed by atoms with Crippen molar-refractivity contribution in [3.8, 4) is 0 Å². The quantitative estimate of drug-likeness (QED) is 0.707. The molecule has 0 aromatic carbocycles. The van der Waals surface area contributed by atoms with Crippen molar-refractivity contribution in [2.45, 2.75) is 25.5 Å². The van der Waals surface area contributed by atoms with Crippen molar-refractivity contribution in [3.05, 3.63) is 0 Å². The highest BCUT2D eigenvalue weighted by molar-refractivity contribution is 14.1. The maximum absolute atomic E-state index is 5.58. The molecule has 0 aliphatic carbocycles. The fourth-order valence-electron chi connectivity index (χ4n) is 0.288. The Balaban J connectivity index is 3.92. The van der Waals surface area contributed by atoms with Gasteiger partial charge < -0.3 is 14.5 Å². The summed E-state index contributed by atoms with van der Waals surface area (Å²) in [6.45, 7) is 4.23. The van der Waals surface area contributed by atoms with Crippen molar-refractivity contribution in [3.63, 3.8) is 0 Å². The smallest absolute Gasteiger partial charge is 0.110 e. The van der Waals surface area contributed by atoms with E-state index in [2.05, 4.69) is 0 Å². The Kier molecular flexibility index (Phi) is 3.95. The van der Waals surface area contributed by atoms with Crippen molar-refractivity contribution >= 4 is 23.0 Å². The second kappa shape index (κ2) is 3.70. The second-order valence-corrected chi connectivity index (χ2v) is 2.82. The van der Waals surface area contributed by atoms with Crippen LogP contribution in [0.5, 0.6) is 0 Å². The largest absolute Gasteiger partial charge is 0.328 e. The lowest BCUT2D eigenvalue weighted by Gasteiger charge is -2.28. The van der Waals surface area contributed by atoms with Crippen LogP contribution in [-0.2, 0) is 3.07 Å². The number of nitrogens with two attached hydrogens (primary N) is 2. The van der Waals surface area contributed by atoms with Gasteiger partial charge in [0.15, 0.2) is 0 Å². The Morgan fingerprint density at radius 3 is 2.22 bits per heavy atom. The Bertz CT molecular complexity index is 83.0. The van der Waals surface area contributed by atoms with Gasteiger partial charge in [-0.15, -0.1) is 0 Å². The van der Waals surface area contributed by atoms with E-state index in [1.165, 1.54) is 0 Å². The average molecular weight is 244 g/mol. The van der Waals surface area contributed by atoms with Gasteiger partial charge >= 0.3 is 0 Å². The summed E-state index contributed by atoms with van der Waals surface area (Å²) >= 11 is 1.82. The maximum atomic E-state index is 5.58. The van der Waals surface area contributed by atoms with Crippen LogP contribution in [0.1, 0.15) is 13.8 Å². The molecule has 0 spiro atoms. The molecule has 0 bridgehead atoms. The molecule has 0 radical (unpaired) electrons. The van der Waals surface area contributed by atoms with Gasteiger partial charge in [0.05, 0.1) is 0 Å².